The highest BCUT2D eigenvalue weighted by atomic mass is 16.4. The second-order valence-electron chi connectivity index (χ2n) is 13.2. The van der Waals surface area contributed by atoms with Crippen LogP contribution in [-0.4, -0.2) is 17.2 Å². The fourth-order valence-corrected chi connectivity index (χ4v) is 9.28. The van der Waals surface area contributed by atoms with Crippen LogP contribution < -0.4 is 5.11 Å². The van der Waals surface area contributed by atoms with Crippen LogP contribution in [0.1, 0.15) is 112 Å². The van der Waals surface area contributed by atoms with Crippen LogP contribution >= 0.6 is 0 Å². The van der Waals surface area contributed by atoms with Gasteiger partial charge in [0.2, 0.25) is 0 Å². The van der Waals surface area contributed by atoms with E-state index in [1.807, 2.05) is 0 Å². The largest absolute Gasteiger partial charge is 0.549 e. The first-order chi connectivity index (χ1) is 15.0. The molecule has 0 unspecified atom stereocenters. The Morgan fingerprint density at radius 1 is 1.03 bits per heavy atom. The zero-order chi connectivity index (χ0) is 23.5. The lowest BCUT2D eigenvalue weighted by Crippen LogP contribution is -2.61. The molecule has 0 amide bonds. The molecular weight excluding hydrogens is 396 g/mol. The second kappa shape index (κ2) is 8.43. The molecule has 4 aliphatic rings. The second-order valence-corrected chi connectivity index (χ2v) is 13.2. The van der Waals surface area contributed by atoms with Gasteiger partial charge in [-0.1, -0.05) is 72.0 Å². The van der Waals surface area contributed by atoms with Gasteiger partial charge in [-0.2, -0.15) is 0 Å². The number of aliphatic hydroxyl groups excluding tert-OH is 1. The molecule has 0 radical (unpaired) electrons. The van der Waals surface area contributed by atoms with E-state index in [0.717, 1.165) is 43.4 Å². The Morgan fingerprint density at radius 3 is 2.41 bits per heavy atom. The molecule has 1 N–H and O–H groups in total. The maximum atomic E-state index is 12.2. The lowest BCUT2D eigenvalue weighted by molar-refractivity contribution is -0.331. The number of fused-ring (bicyclic) bond motifs is 4. The van der Waals surface area contributed by atoms with Crippen molar-refractivity contribution in [2.45, 2.75) is 118 Å². The van der Waals surface area contributed by atoms with Gasteiger partial charge in [0.15, 0.2) is 0 Å². The van der Waals surface area contributed by atoms with Gasteiger partial charge in [-0.3, -0.25) is 0 Å². The molecular formula is C29H47O3-. The van der Waals surface area contributed by atoms with Gasteiger partial charge in [0.25, 0.3) is 0 Å². The van der Waals surface area contributed by atoms with Gasteiger partial charge < -0.3 is 15.0 Å². The van der Waals surface area contributed by atoms with Crippen molar-refractivity contribution in [3.8, 4) is 0 Å². The van der Waals surface area contributed by atoms with Crippen molar-refractivity contribution >= 4 is 5.97 Å². The standard InChI is InChI=1S/C29H48O3/c1-18(2)8-7-9-19(3)21-11-12-22-20-10-13-24-28(5,23(20)14-16-27(21,22)4)17-15-25(30)29(24,6)26(31)32/h18-19,21-22,24-25,30H,7-17H2,1-6H3,(H,31,32)/p-1/t19-,21-,22+,24-,25+,27-,28-,29-/m1/s1. The molecule has 0 aromatic rings. The molecule has 182 valence electrons. The van der Waals surface area contributed by atoms with Gasteiger partial charge >= 0.3 is 0 Å². The van der Waals surface area contributed by atoms with E-state index in [1.165, 1.54) is 38.5 Å². The van der Waals surface area contributed by atoms with Gasteiger partial charge in [-0.15, -0.1) is 0 Å². The minimum Gasteiger partial charge on any atom is -0.549 e. The number of rotatable bonds is 6. The summed E-state index contributed by atoms with van der Waals surface area (Å²) in [5, 5.41) is 22.9. The maximum Gasteiger partial charge on any atom is 0.0649 e. The van der Waals surface area contributed by atoms with Crippen LogP contribution in [0.15, 0.2) is 11.1 Å². The van der Waals surface area contributed by atoms with E-state index in [1.54, 1.807) is 18.1 Å². The summed E-state index contributed by atoms with van der Waals surface area (Å²) < 4.78 is 0. The molecule has 3 heteroatoms. The number of aliphatic hydroxyl groups is 1. The third kappa shape index (κ3) is 3.51. The monoisotopic (exact) mass is 443 g/mol. The van der Waals surface area contributed by atoms with Gasteiger partial charge in [0.05, 0.1) is 12.1 Å². The number of carbonyl (C=O) groups excluding carboxylic acids is 1. The third-order valence-electron chi connectivity index (χ3n) is 11.2. The topological polar surface area (TPSA) is 60.4 Å². The molecule has 0 aromatic carbocycles. The Hall–Kier alpha value is -0.830. The summed E-state index contributed by atoms with van der Waals surface area (Å²) in [7, 11) is 0. The molecule has 3 nitrogen and oxygen atoms in total. The van der Waals surface area contributed by atoms with Crippen LogP contribution in [0.25, 0.3) is 0 Å². The molecule has 0 heterocycles. The van der Waals surface area contributed by atoms with E-state index in [2.05, 4.69) is 34.6 Å². The molecule has 4 rings (SSSR count). The molecule has 0 aliphatic heterocycles. The first-order valence-electron chi connectivity index (χ1n) is 13.6. The summed E-state index contributed by atoms with van der Waals surface area (Å²) >= 11 is 0. The predicted octanol–water partition coefficient (Wildman–Crippen LogP) is 5.90. The van der Waals surface area contributed by atoms with Crippen molar-refractivity contribution in [1.82, 2.24) is 0 Å². The molecule has 8 atom stereocenters. The van der Waals surface area contributed by atoms with E-state index in [4.69, 9.17) is 0 Å². The van der Waals surface area contributed by atoms with Gasteiger partial charge in [0, 0.05) is 5.41 Å². The average Bonchev–Trinajstić information content (AvgIpc) is 3.08. The predicted molar refractivity (Wildman–Crippen MR) is 128 cm³/mol. The lowest BCUT2D eigenvalue weighted by Gasteiger charge is -2.60. The Labute approximate surface area is 196 Å². The smallest absolute Gasteiger partial charge is 0.0649 e. The average molecular weight is 444 g/mol. The highest BCUT2D eigenvalue weighted by Crippen LogP contribution is 2.68. The van der Waals surface area contributed by atoms with Gasteiger partial charge in [0.1, 0.15) is 0 Å². The zero-order valence-electron chi connectivity index (χ0n) is 21.5. The highest BCUT2D eigenvalue weighted by molar-refractivity contribution is 5.74. The molecule has 2 saturated carbocycles. The van der Waals surface area contributed by atoms with Crippen molar-refractivity contribution < 1.29 is 15.0 Å². The van der Waals surface area contributed by atoms with Crippen LogP contribution in [0, 0.1) is 45.8 Å². The maximum absolute atomic E-state index is 12.2. The van der Waals surface area contributed by atoms with Crippen molar-refractivity contribution in [1.29, 1.82) is 0 Å². The van der Waals surface area contributed by atoms with Crippen LogP contribution in [0.2, 0.25) is 0 Å². The molecule has 0 spiro atoms. The van der Waals surface area contributed by atoms with Gasteiger partial charge in [-0.25, -0.2) is 0 Å². The molecule has 0 bridgehead atoms. The minimum absolute atomic E-state index is 0.0148. The minimum atomic E-state index is -1.13. The number of aliphatic carboxylic acids is 1. The fraction of sp³-hybridized carbons (Fsp3) is 0.897. The molecule has 2 fully saturated rings. The van der Waals surface area contributed by atoms with E-state index in [9.17, 15) is 15.0 Å². The normalized spacial score (nSPS) is 44.8. The molecule has 4 aliphatic carbocycles. The quantitative estimate of drug-likeness (QED) is 0.520. The summed E-state index contributed by atoms with van der Waals surface area (Å²) in [6.07, 6.45) is 11.7. The van der Waals surface area contributed by atoms with E-state index >= 15 is 0 Å². The summed E-state index contributed by atoms with van der Waals surface area (Å²) in [5.41, 5.74) is 2.47. The van der Waals surface area contributed by atoms with E-state index in [0.29, 0.717) is 17.8 Å². The summed E-state index contributed by atoms with van der Waals surface area (Å²) in [5.74, 6) is 2.03. The Kier molecular flexibility index (Phi) is 6.40. The number of carbonyl (C=O) groups is 1. The highest BCUT2D eigenvalue weighted by Gasteiger charge is 2.60. The summed E-state index contributed by atoms with van der Waals surface area (Å²) in [6, 6.07) is 0. The van der Waals surface area contributed by atoms with Crippen LogP contribution in [0.5, 0.6) is 0 Å². The third-order valence-corrected chi connectivity index (χ3v) is 11.2. The Bertz CT molecular complexity index is 768. The van der Waals surface area contributed by atoms with Crippen LogP contribution in [-0.2, 0) is 4.79 Å². The van der Waals surface area contributed by atoms with Crippen molar-refractivity contribution in [2.75, 3.05) is 0 Å². The van der Waals surface area contributed by atoms with Crippen molar-refractivity contribution in [2.24, 2.45) is 45.8 Å². The molecule has 32 heavy (non-hydrogen) atoms. The fourth-order valence-electron chi connectivity index (χ4n) is 9.28. The number of hydrogen-bond donors (Lipinski definition) is 1. The number of allylic oxidation sites excluding steroid dienone is 2. The Balaban J connectivity index is 1.60. The first kappa shape index (κ1) is 24.3. The van der Waals surface area contributed by atoms with Gasteiger partial charge in [-0.05, 0) is 91.8 Å². The molecule has 0 aromatic heterocycles. The summed E-state index contributed by atoms with van der Waals surface area (Å²) in [4.78, 5) is 12.2. The van der Waals surface area contributed by atoms with E-state index in [-0.39, 0.29) is 11.3 Å². The van der Waals surface area contributed by atoms with E-state index < -0.39 is 17.5 Å². The first-order valence-corrected chi connectivity index (χ1v) is 13.6. The van der Waals surface area contributed by atoms with Crippen molar-refractivity contribution in [3.05, 3.63) is 11.1 Å². The number of carboxylic acids is 1. The number of carboxylic acid groups (broad SMARTS) is 1. The SMILES string of the molecule is CC(C)CCC[C@@H](C)[C@H]1CC[C@H]2C3=C(CC[C@]12C)[C@@]1(C)CC[C@H](O)[C@](C)(C(=O)[O-])[C@@H]1CC3. The zero-order valence-corrected chi connectivity index (χ0v) is 21.5. The molecule has 0 saturated heterocycles. The van der Waals surface area contributed by atoms with Crippen LogP contribution in [0.4, 0.5) is 0 Å². The Morgan fingerprint density at radius 2 is 1.75 bits per heavy atom. The summed E-state index contributed by atoms with van der Waals surface area (Å²) in [6.45, 7) is 13.8. The van der Waals surface area contributed by atoms with Crippen molar-refractivity contribution in [3.63, 3.8) is 0 Å². The lowest BCUT2D eigenvalue weighted by atomic mass is 9.45. The number of hydrogen-bond acceptors (Lipinski definition) is 3. The van der Waals surface area contributed by atoms with Crippen LogP contribution in [0.3, 0.4) is 0 Å².